The largest absolute Gasteiger partial charge is 0.416 e. The van der Waals surface area contributed by atoms with Crippen LogP contribution in [0, 0.1) is 5.92 Å². The predicted octanol–water partition coefficient (Wildman–Crippen LogP) is 4.10. The summed E-state index contributed by atoms with van der Waals surface area (Å²) in [5.41, 5.74) is -2.02. The van der Waals surface area contributed by atoms with Crippen molar-refractivity contribution in [3.8, 4) is 0 Å². The van der Waals surface area contributed by atoms with Gasteiger partial charge in [0.2, 0.25) is 0 Å². The SMILES string of the molecule is CC1CCCCC1(O)c1ccccc1C(F)(F)F. The summed E-state index contributed by atoms with van der Waals surface area (Å²) in [6.07, 6.45) is -1.50. The maximum absolute atomic E-state index is 13.0. The Hall–Kier alpha value is -1.03. The van der Waals surface area contributed by atoms with Gasteiger partial charge in [-0.3, -0.25) is 0 Å². The molecule has 0 radical (unpaired) electrons. The molecule has 0 heterocycles. The van der Waals surface area contributed by atoms with Crippen LogP contribution in [-0.2, 0) is 11.8 Å². The summed E-state index contributed by atoms with van der Waals surface area (Å²) < 4.78 is 39.0. The number of aliphatic hydroxyl groups is 1. The van der Waals surface area contributed by atoms with Crippen molar-refractivity contribution in [2.24, 2.45) is 5.92 Å². The van der Waals surface area contributed by atoms with Crippen LogP contribution in [0.5, 0.6) is 0 Å². The van der Waals surface area contributed by atoms with Gasteiger partial charge in [-0.05, 0) is 30.4 Å². The van der Waals surface area contributed by atoms with Crippen LogP contribution in [0.2, 0.25) is 0 Å². The summed E-state index contributed by atoms with van der Waals surface area (Å²) in [7, 11) is 0. The zero-order valence-electron chi connectivity index (χ0n) is 10.3. The molecule has 1 N–H and O–H groups in total. The van der Waals surface area contributed by atoms with Crippen molar-refractivity contribution in [3.63, 3.8) is 0 Å². The minimum Gasteiger partial charge on any atom is -0.385 e. The fourth-order valence-electron chi connectivity index (χ4n) is 2.84. The van der Waals surface area contributed by atoms with Crippen molar-refractivity contribution in [2.75, 3.05) is 0 Å². The summed E-state index contributed by atoms with van der Waals surface area (Å²) >= 11 is 0. The molecule has 100 valence electrons. The highest BCUT2D eigenvalue weighted by molar-refractivity contribution is 5.35. The van der Waals surface area contributed by atoms with Crippen LogP contribution in [0.4, 0.5) is 13.2 Å². The van der Waals surface area contributed by atoms with Crippen molar-refractivity contribution in [3.05, 3.63) is 35.4 Å². The molecule has 1 nitrogen and oxygen atoms in total. The number of hydrogen-bond acceptors (Lipinski definition) is 1. The fourth-order valence-corrected chi connectivity index (χ4v) is 2.84. The topological polar surface area (TPSA) is 20.2 Å². The highest BCUT2D eigenvalue weighted by Gasteiger charge is 2.44. The highest BCUT2D eigenvalue weighted by Crippen LogP contribution is 2.45. The molecule has 1 aliphatic rings. The molecule has 2 rings (SSSR count). The summed E-state index contributed by atoms with van der Waals surface area (Å²) in [5.74, 6) is -0.144. The quantitative estimate of drug-likeness (QED) is 0.804. The van der Waals surface area contributed by atoms with Gasteiger partial charge in [0.05, 0.1) is 11.2 Å². The van der Waals surface area contributed by atoms with E-state index in [1.807, 2.05) is 6.92 Å². The predicted molar refractivity (Wildman–Crippen MR) is 63.0 cm³/mol. The maximum atomic E-state index is 13.0. The number of alkyl halides is 3. The molecule has 0 amide bonds. The van der Waals surface area contributed by atoms with Crippen LogP contribution in [0.15, 0.2) is 24.3 Å². The van der Waals surface area contributed by atoms with Crippen molar-refractivity contribution >= 4 is 0 Å². The van der Waals surface area contributed by atoms with Gasteiger partial charge in [0.15, 0.2) is 0 Å². The third-order valence-electron chi connectivity index (χ3n) is 3.96. The first-order valence-electron chi connectivity index (χ1n) is 6.25. The average molecular weight is 258 g/mol. The lowest BCUT2D eigenvalue weighted by Crippen LogP contribution is -2.38. The van der Waals surface area contributed by atoms with Crippen molar-refractivity contribution in [1.29, 1.82) is 0 Å². The van der Waals surface area contributed by atoms with E-state index in [0.29, 0.717) is 6.42 Å². The molecular weight excluding hydrogens is 241 g/mol. The molecule has 4 heteroatoms. The number of halogens is 3. The molecule has 0 bridgehead atoms. The van der Waals surface area contributed by atoms with E-state index < -0.39 is 17.3 Å². The van der Waals surface area contributed by atoms with Crippen molar-refractivity contribution < 1.29 is 18.3 Å². The van der Waals surface area contributed by atoms with E-state index in [1.165, 1.54) is 12.1 Å². The smallest absolute Gasteiger partial charge is 0.385 e. The Morgan fingerprint density at radius 2 is 1.89 bits per heavy atom. The molecule has 1 saturated carbocycles. The second-order valence-corrected chi connectivity index (χ2v) is 5.11. The molecule has 1 aromatic rings. The molecule has 0 spiro atoms. The second-order valence-electron chi connectivity index (χ2n) is 5.11. The minimum absolute atomic E-state index is 0.0321. The van der Waals surface area contributed by atoms with Crippen LogP contribution in [0.25, 0.3) is 0 Å². The molecule has 1 aliphatic carbocycles. The molecule has 18 heavy (non-hydrogen) atoms. The average Bonchev–Trinajstić information content (AvgIpc) is 2.32. The second kappa shape index (κ2) is 4.57. The van der Waals surface area contributed by atoms with Crippen LogP contribution < -0.4 is 0 Å². The lowest BCUT2D eigenvalue weighted by atomic mass is 9.71. The van der Waals surface area contributed by atoms with Gasteiger partial charge in [-0.2, -0.15) is 13.2 Å². The Balaban J connectivity index is 2.50. The Morgan fingerprint density at radius 3 is 2.50 bits per heavy atom. The molecule has 1 fully saturated rings. The maximum Gasteiger partial charge on any atom is 0.416 e. The molecule has 0 saturated heterocycles. The van der Waals surface area contributed by atoms with Crippen molar-refractivity contribution in [1.82, 2.24) is 0 Å². The molecular formula is C14H17F3O. The van der Waals surface area contributed by atoms with Crippen LogP contribution in [0.3, 0.4) is 0 Å². The van der Waals surface area contributed by atoms with E-state index in [0.717, 1.165) is 25.3 Å². The van der Waals surface area contributed by atoms with Gasteiger partial charge >= 0.3 is 6.18 Å². The highest BCUT2D eigenvalue weighted by atomic mass is 19.4. The Morgan fingerprint density at radius 1 is 1.22 bits per heavy atom. The first-order valence-corrected chi connectivity index (χ1v) is 6.25. The third kappa shape index (κ3) is 2.26. The van der Waals surface area contributed by atoms with Gasteiger partial charge < -0.3 is 5.11 Å². The fraction of sp³-hybridized carbons (Fsp3) is 0.571. The lowest BCUT2D eigenvalue weighted by Gasteiger charge is -2.39. The van der Waals surface area contributed by atoms with Crippen LogP contribution in [-0.4, -0.2) is 5.11 Å². The summed E-state index contributed by atoms with van der Waals surface area (Å²) in [4.78, 5) is 0. The van der Waals surface area contributed by atoms with Crippen LogP contribution in [0.1, 0.15) is 43.7 Å². The third-order valence-corrected chi connectivity index (χ3v) is 3.96. The van der Waals surface area contributed by atoms with E-state index in [4.69, 9.17) is 0 Å². The van der Waals surface area contributed by atoms with E-state index in [-0.39, 0.29) is 11.5 Å². The summed E-state index contributed by atoms with van der Waals surface area (Å²) in [6.45, 7) is 1.83. The van der Waals surface area contributed by atoms with Gasteiger partial charge in [-0.1, -0.05) is 38.0 Å². The summed E-state index contributed by atoms with van der Waals surface area (Å²) in [5, 5.41) is 10.7. The van der Waals surface area contributed by atoms with Gasteiger partial charge in [0.1, 0.15) is 0 Å². The first-order chi connectivity index (χ1) is 8.36. The first kappa shape index (κ1) is 13.4. The lowest BCUT2D eigenvalue weighted by molar-refractivity contribution is -0.143. The van der Waals surface area contributed by atoms with Gasteiger partial charge in [-0.15, -0.1) is 0 Å². The molecule has 2 unspecified atom stereocenters. The molecule has 2 atom stereocenters. The molecule has 0 aromatic heterocycles. The Labute approximate surface area is 105 Å². The normalized spacial score (nSPS) is 29.3. The van der Waals surface area contributed by atoms with Crippen molar-refractivity contribution in [2.45, 2.75) is 44.4 Å². The van der Waals surface area contributed by atoms with Crippen LogP contribution >= 0.6 is 0 Å². The van der Waals surface area contributed by atoms with E-state index >= 15 is 0 Å². The van der Waals surface area contributed by atoms with E-state index in [1.54, 1.807) is 6.07 Å². The Kier molecular flexibility index (Phi) is 3.41. The zero-order chi connectivity index (χ0) is 13.4. The molecule has 1 aromatic carbocycles. The minimum atomic E-state index is -4.41. The van der Waals surface area contributed by atoms with Gasteiger partial charge in [-0.25, -0.2) is 0 Å². The number of benzene rings is 1. The Bertz CT molecular complexity index is 427. The van der Waals surface area contributed by atoms with Gasteiger partial charge in [0, 0.05) is 0 Å². The van der Waals surface area contributed by atoms with Gasteiger partial charge in [0.25, 0.3) is 0 Å². The monoisotopic (exact) mass is 258 g/mol. The zero-order valence-corrected chi connectivity index (χ0v) is 10.3. The number of hydrogen-bond donors (Lipinski definition) is 1. The molecule has 0 aliphatic heterocycles. The summed E-state index contributed by atoms with van der Waals surface area (Å²) in [6, 6.07) is 5.38. The standard InChI is InChI=1S/C14H17F3O/c1-10-6-4-5-9-13(10,18)11-7-2-3-8-12(11)14(15,16)17/h2-3,7-8,10,18H,4-6,9H2,1H3. The van der Waals surface area contributed by atoms with E-state index in [2.05, 4.69) is 0 Å². The van der Waals surface area contributed by atoms with E-state index in [9.17, 15) is 18.3 Å². The number of rotatable bonds is 1.